The van der Waals surface area contributed by atoms with Gasteiger partial charge in [0.25, 0.3) is 5.56 Å². The second-order valence-corrected chi connectivity index (χ2v) is 5.25. The molecule has 0 radical (unpaired) electrons. The molecule has 0 amide bonds. The van der Waals surface area contributed by atoms with E-state index in [4.69, 9.17) is 10.5 Å². The highest BCUT2D eigenvalue weighted by Crippen LogP contribution is 2.25. The first-order chi connectivity index (χ1) is 12.0. The first-order valence-electron chi connectivity index (χ1n) is 7.34. The minimum absolute atomic E-state index is 0.00218. The SMILES string of the molecule is N#Cc1cc(-c2cc(=O)[nH]c(N)n2)ccc1OCc1ccc(F)cc1. The van der Waals surface area contributed by atoms with E-state index in [-0.39, 0.29) is 23.9 Å². The number of anilines is 1. The van der Waals surface area contributed by atoms with Gasteiger partial charge in [0, 0.05) is 11.6 Å². The van der Waals surface area contributed by atoms with Gasteiger partial charge in [0.2, 0.25) is 5.95 Å². The minimum Gasteiger partial charge on any atom is -0.488 e. The van der Waals surface area contributed by atoms with Crippen molar-refractivity contribution < 1.29 is 9.13 Å². The summed E-state index contributed by atoms with van der Waals surface area (Å²) in [5.41, 5.74) is 7.16. The van der Waals surface area contributed by atoms with Gasteiger partial charge in [0.1, 0.15) is 24.2 Å². The Labute approximate surface area is 142 Å². The van der Waals surface area contributed by atoms with Crippen molar-refractivity contribution in [2.75, 3.05) is 5.73 Å². The van der Waals surface area contributed by atoms with Crippen molar-refractivity contribution in [1.29, 1.82) is 5.26 Å². The number of ether oxygens (including phenoxy) is 1. The number of hydrogen-bond donors (Lipinski definition) is 2. The largest absolute Gasteiger partial charge is 0.488 e. The highest BCUT2D eigenvalue weighted by Gasteiger charge is 2.09. The molecule has 0 aliphatic rings. The van der Waals surface area contributed by atoms with Crippen molar-refractivity contribution in [2.45, 2.75) is 6.61 Å². The maximum Gasteiger partial charge on any atom is 0.252 e. The molecule has 0 bridgehead atoms. The number of hydrogen-bond acceptors (Lipinski definition) is 5. The Bertz CT molecular complexity index is 1010. The number of nitrogens with zero attached hydrogens (tertiary/aromatic N) is 2. The fourth-order valence-corrected chi connectivity index (χ4v) is 2.27. The molecule has 0 saturated carbocycles. The van der Waals surface area contributed by atoms with Crippen LogP contribution in [0.15, 0.2) is 53.3 Å². The molecule has 7 heteroatoms. The smallest absolute Gasteiger partial charge is 0.252 e. The molecule has 0 aliphatic carbocycles. The highest BCUT2D eigenvalue weighted by molar-refractivity contribution is 5.64. The van der Waals surface area contributed by atoms with Crippen LogP contribution in [0.1, 0.15) is 11.1 Å². The first-order valence-corrected chi connectivity index (χ1v) is 7.34. The molecule has 1 aromatic heterocycles. The van der Waals surface area contributed by atoms with Gasteiger partial charge in [-0.15, -0.1) is 0 Å². The summed E-state index contributed by atoms with van der Waals surface area (Å²) in [6.45, 7) is 0.199. The van der Waals surface area contributed by atoms with Crippen LogP contribution in [0.4, 0.5) is 10.3 Å². The first kappa shape index (κ1) is 16.2. The monoisotopic (exact) mass is 336 g/mol. The number of nitrogens with two attached hydrogens (primary N) is 1. The van der Waals surface area contributed by atoms with E-state index in [1.54, 1.807) is 30.3 Å². The van der Waals surface area contributed by atoms with Gasteiger partial charge in [-0.25, -0.2) is 9.37 Å². The topological polar surface area (TPSA) is 105 Å². The van der Waals surface area contributed by atoms with E-state index in [0.717, 1.165) is 5.56 Å². The molecule has 0 fully saturated rings. The van der Waals surface area contributed by atoms with E-state index in [1.807, 2.05) is 0 Å². The number of nitriles is 1. The summed E-state index contributed by atoms with van der Waals surface area (Å²) in [6, 6.07) is 14.1. The summed E-state index contributed by atoms with van der Waals surface area (Å²) in [7, 11) is 0. The quantitative estimate of drug-likeness (QED) is 0.762. The van der Waals surface area contributed by atoms with Crippen molar-refractivity contribution >= 4 is 5.95 Å². The maximum absolute atomic E-state index is 12.9. The van der Waals surface area contributed by atoms with Crippen LogP contribution in [0.3, 0.4) is 0 Å². The summed E-state index contributed by atoms with van der Waals surface area (Å²) in [5.74, 6) is 0.0569. The van der Waals surface area contributed by atoms with Crippen LogP contribution in [0.5, 0.6) is 5.75 Å². The molecule has 0 atom stereocenters. The lowest BCUT2D eigenvalue weighted by Gasteiger charge is -2.09. The number of nitrogens with one attached hydrogen (secondary N) is 1. The summed E-state index contributed by atoms with van der Waals surface area (Å²) in [6.07, 6.45) is 0. The number of rotatable bonds is 4. The fourth-order valence-electron chi connectivity index (χ4n) is 2.27. The lowest BCUT2D eigenvalue weighted by molar-refractivity contribution is 0.305. The van der Waals surface area contributed by atoms with E-state index in [1.165, 1.54) is 18.2 Å². The minimum atomic E-state index is -0.377. The number of halogens is 1. The molecular weight excluding hydrogens is 323 g/mol. The lowest BCUT2D eigenvalue weighted by atomic mass is 10.1. The molecule has 0 saturated heterocycles. The zero-order valence-corrected chi connectivity index (χ0v) is 13.0. The molecule has 3 aromatic rings. The van der Waals surface area contributed by atoms with Gasteiger partial charge in [0.15, 0.2) is 0 Å². The van der Waals surface area contributed by atoms with Gasteiger partial charge in [0.05, 0.1) is 11.3 Å². The van der Waals surface area contributed by atoms with E-state index in [9.17, 15) is 14.4 Å². The summed E-state index contributed by atoms with van der Waals surface area (Å²) >= 11 is 0. The van der Waals surface area contributed by atoms with Crippen molar-refractivity contribution in [1.82, 2.24) is 9.97 Å². The van der Waals surface area contributed by atoms with Crippen molar-refractivity contribution in [3.63, 3.8) is 0 Å². The van der Waals surface area contributed by atoms with Crippen LogP contribution in [0.2, 0.25) is 0 Å². The van der Waals surface area contributed by atoms with Crippen LogP contribution < -0.4 is 16.0 Å². The molecule has 3 N–H and O–H groups in total. The van der Waals surface area contributed by atoms with E-state index in [0.29, 0.717) is 22.6 Å². The molecule has 124 valence electrons. The second kappa shape index (κ2) is 6.84. The third-order valence-corrected chi connectivity index (χ3v) is 3.46. The molecule has 0 aliphatic heterocycles. The molecule has 2 aromatic carbocycles. The standard InChI is InChI=1S/C18H13FN4O2/c19-14-4-1-11(2-5-14)10-25-16-6-3-12(7-13(16)9-20)15-8-17(24)23-18(21)22-15/h1-8H,10H2,(H3,21,22,23,24). The maximum atomic E-state index is 12.9. The predicted octanol–water partition coefficient (Wildman–Crippen LogP) is 2.61. The number of aromatic amines is 1. The third-order valence-electron chi connectivity index (χ3n) is 3.46. The Morgan fingerprint density at radius 2 is 1.96 bits per heavy atom. The molecule has 0 spiro atoms. The molecule has 3 rings (SSSR count). The molecule has 0 unspecified atom stereocenters. The number of H-pyrrole nitrogens is 1. The fraction of sp³-hybridized carbons (Fsp3) is 0.0556. The molecule has 25 heavy (non-hydrogen) atoms. The Balaban J connectivity index is 1.85. The van der Waals surface area contributed by atoms with Gasteiger partial charge in [-0.2, -0.15) is 5.26 Å². The van der Waals surface area contributed by atoms with E-state index >= 15 is 0 Å². The highest BCUT2D eigenvalue weighted by atomic mass is 19.1. The van der Waals surface area contributed by atoms with Crippen molar-refractivity contribution in [3.8, 4) is 23.1 Å². The molecule has 1 heterocycles. The average molecular weight is 336 g/mol. The van der Waals surface area contributed by atoms with Gasteiger partial charge >= 0.3 is 0 Å². The van der Waals surface area contributed by atoms with Crippen LogP contribution in [-0.2, 0) is 6.61 Å². The zero-order valence-electron chi connectivity index (χ0n) is 13.0. The van der Waals surface area contributed by atoms with Gasteiger partial charge in [-0.1, -0.05) is 12.1 Å². The predicted molar refractivity (Wildman–Crippen MR) is 90.2 cm³/mol. The summed E-state index contributed by atoms with van der Waals surface area (Å²) < 4.78 is 18.5. The van der Waals surface area contributed by atoms with Crippen molar-refractivity contribution in [2.24, 2.45) is 0 Å². The summed E-state index contributed by atoms with van der Waals surface area (Å²) in [4.78, 5) is 17.9. The van der Waals surface area contributed by atoms with Crippen LogP contribution >= 0.6 is 0 Å². The molecule has 6 nitrogen and oxygen atoms in total. The van der Waals surface area contributed by atoms with Crippen LogP contribution in [0.25, 0.3) is 11.3 Å². The number of benzene rings is 2. The van der Waals surface area contributed by atoms with Gasteiger partial charge in [-0.05, 0) is 35.9 Å². The van der Waals surface area contributed by atoms with Crippen LogP contribution in [0, 0.1) is 17.1 Å². The Kier molecular flexibility index (Phi) is 4.44. The van der Waals surface area contributed by atoms with E-state index < -0.39 is 0 Å². The normalized spacial score (nSPS) is 10.2. The number of aromatic nitrogens is 2. The van der Waals surface area contributed by atoms with E-state index in [2.05, 4.69) is 16.0 Å². The summed E-state index contributed by atoms with van der Waals surface area (Å²) in [5, 5.41) is 9.34. The van der Waals surface area contributed by atoms with Crippen molar-refractivity contribution in [3.05, 3.63) is 75.8 Å². The lowest BCUT2D eigenvalue weighted by Crippen LogP contribution is -2.10. The number of nitrogen functional groups attached to an aromatic ring is 1. The van der Waals surface area contributed by atoms with Gasteiger partial charge < -0.3 is 10.5 Å². The average Bonchev–Trinajstić information content (AvgIpc) is 2.60. The third kappa shape index (κ3) is 3.82. The Hall–Kier alpha value is -3.66. The molecular formula is C18H13FN4O2. The Morgan fingerprint density at radius 3 is 2.64 bits per heavy atom. The van der Waals surface area contributed by atoms with Gasteiger partial charge in [-0.3, -0.25) is 9.78 Å². The van der Waals surface area contributed by atoms with Crippen LogP contribution in [-0.4, -0.2) is 9.97 Å². The second-order valence-electron chi connectivity index (χ2n) is 5.25. The zero-order chi connectivity index (χ0) is 17.8. The Morgan fingerprint density at radius 1 is 1.20 bits per heavy atom.